The monoisotopic (exact) mass is 428 g/mol. The van der Waals surface area contributed by atoms with Crippen molar-refractivity contribution in [2.75, 3.05) is 16.6 Å². The highest BCUT2D eigenvalue weighted by Gasteiger charge is 2.16. The number of sulfonamides is 1. The van der Waals surface area contributed by atoms with Crippen LogP contribution in [-0.4, -0.2) is 20.9 Å². The van der Waals surface area contributed by atoms with Gasteiger partial charge in [-0.3, -0.25) is 9.52 Å². The molecular weight excluding hydrogens is 407 g/mol. The average molecular weight is 428 g/mol. The lowest BCUT2D eigenvalue weighted by Crippen LogP contribution is -2.21. The van der Waals surface area contributed by atoms with Crippen LogP contribution in [0.25, 0.3) is 0 Å². The van der Waals surface area contributed by atoms with Gasteiger partial charge in [0, 0.05) is 11.4 Å². The van der Waals surface area contributed by atoms with Crippen LogP contribution in [0.15, 0.2) is 71.6 Å². The molecule has 0 fully saturated rings. The number of rotatable bonds is 7. The summed E-state index contributed by atoms with van der Waals surface area (Å²) in [6, 6.07) is 16.7. The molecule has 0 saturated heterocycles. The summed E-state index contributed by atoms with van der Waals surface area (Å²) < 4.78 is 46.0. The molecule has 30 heavy (non-hydrogen) atoms. The molecule has 0 heterocycles. The first-order chi connectivity index (χ1) is 14.2. The van der Waals surface area contributed by atoms with E-state index in [4.69, 9.17) is 4.74 Å². The molecule has 0 bridgehead atoms. The van der Waals surface area contributed by atoms with Crippen molar-refractivity contribution in [3.05, 3.63) is 83.7 Å². The Bertz CT molecular complexity index is 1160. The van der Waals surface area contributed by atoms with Crippen molar-refractivity contribution < 1.29 is 22.3 Å². The number of amides is 1. The number of hydrogen-bond donors (Lipinski definition) is 2. The van der Waals surface area contributed by atoms with Gasteiger partial charge in [0.05, 0.1) is 4.90 Å². The number of ether oxygens (including phenoxy) is 1. The molecule has 1 amide bonds. The van der Waals surface area contributed by atoms with Crippen LogP contribution >= 0.6 is 0 Å². The zero-order valence-electron chi connectivity index (χ0n) is 16.5. The Kier molecular flexibility index (Phi) is 6.37. The summed E-state index contributed by atoms with van der Waals surface area (Å²) in [5, 5.41) is 2.77. The van der Waals surface area contributed by atoms with E-state index in [-0.39, 0.29) is 23.1 Å². The molecule has 0 aliphatic heterocycles. The predicted octanol–water partition coefficient (Wildman–Crippen LogP) is 4.26. The fourth-order valence-electron chi connectivity index (χ4n) is 2.73. The molecule has 8 heteroatoms. The minimum Gasteiger partial charge on any atom is -0.483 e. The molecule has 0 aliphatic rings. The minimum atomic E-state index is -3.85. The van der Waals surface area contributed by atoms with Crippen LogP contribution in [0.1, 0.15) is 11.1 Å². The number of nitrogens with one attached hydrogen (secondary N) is 2. The second-order valence-corrected chi connectivity index (χ2v) is 8.37. The number of anilines is 2. The highest BCUT2D eigenvalue weighted by atomic mass is 32.2. The van der Waals surface area contributed by atoms with Gasteiger partial charge < -0.3 is 10.1 Å². The SMILES string of the molecule is Cc1ccccc1NC(=O)COc1ccc(S(=O)(=O)Nc2ccc(F)cc2)cc1C. The van der Waals surface area contributed by atoms with E-state index in [2.05, 4.69) is 10.0 Å². The number of carbonyl (C=O) groups is 1. The number of carbonyl (C=O) groups excluding carboxylic acids is 1. The number of halogens is 1. The van der Waals surface area contributed by atoms with E-state index < -0.39 is 15.8 Å². The standard InChI is InChI=1S/C22H21FN2O4S/c1-15-5-3-4-6-20(15)24-22(26)14-29-21-12-11-19(13-16(21)2)30(27,28)25-18-9-7-17(23)8-10-18/h3-13,25H,14H2,1-2H3,(H,24,26). The van der Waals surface area contributed by atoms with Crippen LogP contribution in [0.5, 0.6) is 5.75 Å². The van der Waals surface area contributed by atoms with Crippen LogP contribution < -0.4 is 14.8 Å². The van der Waals surface area contributed by atoms with E-state index in [1.54, 1.807) is 13.0 Å². The van der Waals surface area contributed by atoms with Gasteiger partial charge in [0.15, 0.2) is 6.61 Å². The van der Waals surface area contributed by atoms with Gasteiger partial charge in [0.25, 0.3) is 15.9 Å². The average Bonchev–Trinajstić information content (AvgIpc) is 2.70. The van der Waals surface area contributed by atoms with Gasteiger partial charge in [-0.15, -0.1) is 0 Å². The second-order valence-electron chi connectivity index (χ2n) is 6.69. The van der Waals surface area contributed by atoms with Crippen LogP contribution in [0.3, 0.4) is 0 Å². The molecule has 156 valence electrons. The third kappa shape index (κ3) is 5.36. The number of para-hydroxylation sites is 1. The van der Waals surface area contributed by atoms with E-state index in [9.17, 15) is 17.6 Å². The fourth-order valence-corrected chi connectivity index (χ4v) is 3.87. The summed E-state index contributed by atoms with van der Waals surface area (Å²) >= 11 is 0. The zero-order chi connectivity index (χ0) is 21.7. The summed E-state index contributed by atoms with van der Waals surface area (Å²) in [5.41, 5.74) is 2.45. The number of aryl methyl sites for hydroxylation is 2. The lowest BCUT2D eigenvalue weighted by Gasteiger charge is -2.13. The van der Waals surface area contributed by atoms with E-state index in [1.165, 1.54) is 42.5 Å². The van der Waals surface area contributed by atoms with Gasteiger partial charge in [-0.2, -0.15) is 0 Å². The summed E-state index contributed by atoms with van der Waals surface area (Å²) in [5.74, 6) is -0.379. The van der Waals surface area contributed by atoms with Crippen LogP contribution in [0.2, 0.25) is 0 Å². The maximum atomic E-state index is 13.0. The number of hydrogen-bond acceptors (Lipinski definition) is 4. The molecular formula is C22H21FN2O4S. The first-order valence-electron chi connectivity index (χ1n) is 9.12. The van der Waals surface area contributed by atoms with Crippen molar-refractivity contribution in [1.82, 2.24) is 0 Å². The van der Waals surface area contributed by atoms with Crippen molar-refractivity contribution in [2.45, 2.75) is 18.7 Å². The fraction of sp³-hybridized carbons (Fsp3) is 0.136. The van der Waals surface area contributed by atoms with Gasteiger partial charge in [-0.25, -0.2) is 12.8 Å². The smallest absolute Gasteiger partial charge is 0.262 e. The Morgan fingerprint density at radius 2 is 1.67 bits per heavy atom. The molecule has 0 aromatic heterocycles. The molecule has 0 spiro atoms. The van der Waals surface area contributed by atoms with E-state index in [0.29, 0.717) is 17.0 Å². The normalized spacial score (nSPS) is 11.0. The summed E-state index contributed by atoms with van der Waals surface area (Å²) in [6.45, 7) is 3.36. The Labute approximate surface area is 174 Å². The molecule has 2 N–H and O–H groups in total. The Balaban J connectivity index is 1.65. The minimum absolute atomic E-state index is 0.0287. The molecule has 0 radical (unpaired) electrons. The summed E-state index contributed by atoms with van der Waals surface area (Å²) in [6.07, 6.45) is 0. The number of benzene rings is 3. The van der Waals surface area contributed by atoms with Crippen molar-refractivity contribution in [2.24, 2.45) is 0 Å². The first kappa shape index (κ1) is 21.3. The van der Waals surface area contributed by atoms with Gasteiger partial charge in [-0.05, 0) is 73.5 Å². The van der Waals surface area contributed by atoms with Crippen LogP contribution in [-0.2, 0) is 14.8 Å². The van der Waals surface area contributed by atoms with Gasteiger partial charge in [-0.1, -0.05) is 18.2 Å². The second kappa shape index (κ2) is 8.96. The van der Waals surface area contributed by atoms with Crippen LogP contribution in [0, 0.1) is 19.7 Å². The van der Waals surface area contributed by atoms with Crippen molar-refractivity contribution >= 4 is 27.3 Å². The summed E-state index contributed by atoms with van der Waals surface area (Å²) in [7, 11) is -3.85. The lowest BCUT2D eigenvalue weighted by atomic mass is 10.2. The Morgan fingerprint density at radius 3 is 2.33 bits per heavy atom. The maximum Gasteiger partial charge on any atom is 0.262 e. The third-order valence-corrected chi connectivity index (χ3v) is 5.71. The predicted molar refractivity (Wildman–Crippen MR) is 114 cm³/mol. The highest BCUT2D eigenvalue weighted by molar-refractivity contribution is 7.92. The molecule has 0 atom stereocenters. The molecule has 6 nitrogen and oxygen atoms in total. The van der Waals surface area contributed by atoms with Crippen molar-refractivity contribution in [3.8, 4) is 5.75 Å². The Hall–Kier alpha value is -3.39. The molecule has 3 aromatic rings. The lowest BCUT2D eigenvalue weighted by molar-refractivity contribution is -0.118. The molecule has 3 rings (SSSR count). The summed E-state index contributed by atoms with van der Waals surface area (Å²) in [4.78, 5) is 12.2. The highest BCUT2D eigenvalue weighted by Crippen LogP contribution is 2.24. The largest absolute Gasteiger partial charge is 0.483 e. The molecule has 0 aliphatic carbocycles. The maximum absolute atomic E-state index is 13.0. The first-order valence-corrected chi connectivity index (χ1v) is 10.6. The molecule has 0 unspecified atom stereocenters. The molecule has 0 saturated carbocycles. The third-order valence-electron chi connectivity index (χ3n) is 4.33. The quantitative estimate of drug-likeness (QED) is 0.589. The Morgan fingerprint density at radius 1 is 0.967 bits per heavy atom. The van der Waals surface area contributed by atoms with Gasteiger partial charge >= 0.3 is 0 Å². The molecule has 3 aromatic carbocycles. The van der Waals surface area contributed by atoms with E-state index in [0.717, 1.165) is 5.56 Å². The van der Waals surface area contributed by atoms with E-state index in [1.807, 2.05) is 25.1 Å². The van der Waals surface area contributed by atoms with Gasteiger partial charge in [0.2, 0.25) is 0 Å². The topological polar surface area (TPSA) is 84.5 Å². The zero-order valence-corrected chi connectivity index (χ0v) is 17.3. The van der Waals surface area contributed by atoms with Crippen molar-refractivity contribution in [3.63, 3.8) is 0 Å². The van der Waals surface area contributed by atoms with E-state index >= 15 is 0 Å². The van der Waals surface area contributed by atoms with Crippen LogP contribution in [0.4, 0.5) is 15.8 Å². The van der Waals surface area contributed by atoms with Crippen molar-refractivity contribution in [1.29, 1.82) is 0 Å². The van der Waals surface area contributed by atoms with Gasteiger partial charge in [0.1, 0.15) is 11.6 Å².